The van der Waals surface area contributed by atoms with Gasteiger partial charge in [-0.2, -0.15) is 0 Å². The summed E-state index contributed by atoms with van der Waals surface area (Å²) in [5.41, 5.74) is 16.2. The van der Waals surface area contributed by atoms with Crippen LogP contribution in [0.1, 0.15) is 48.9 Å². The van der Waals surface area contributed by atoms with Crippen LogP contribution in [0.3, 0.4) is 0 Å². The van der Waals surface area contributed by atoms with E-state index in [1.165, 1.54) is 38.2 Å². The molecule has 25 heavy (non-hydrogen) atoms. The SMILES string of the molecule is NC1CCCCC1.NCC[C@H](N)C(=O)O.O=Cc1ccc(Cl)cc1Cl. The second kappa shape index (κ2) is 14.0. The number of hydrogen-bond donors (Lipinski definition) is 4. The first-order chi connectivity index (χ1) is 11.8. The molecule has 0 heterocycles. The Labute approximate surface area is 158 Å². The van der Waals surface area contributed by atoms with Gasteiger partial charge in [0, 0.05) is 16.6 Å². The van der Waals surface area contributed by atoms with E-state index in [-0.39, 0.29) is 0 Å². The van der Waals surface area contributed by atoms with Crippen molar-refractivity contribution < 1.29 is 14.7 Å². The Kier molecular flexibility index (Phi) is 13.4. The predicted octanol–water partition coefficient (Wildman–Crippen LogP) is 2.83. The molecular formula is C17H27Cl2N3O3. The third kappa shape index (κ3) is 11.9. The molecule has 0 aliphatic heterocycles. The number of aliphatic carboxylic acids is 1. The van der Waals surface area contributed by atoms with Crippen molar-refractivity contribution in [3.63, 3.8) is 0 Å². The molecular weight excluding hydrogens is 365 g/mol. The van der Waals surface area contributed by atoms with E-state index in [2.05, 4.69) is 0 Å². The van der Waals surface area contributed by atoms with E-state index in [0.29, 0.717) is 40.9 Å². The zero-order valence-electron chi connectivity index (χ0n) is 14.2. The Hall–Kier alpha value is -1.18. The van der Waals surface area contributed by atoms with Gasteiger partial charge in [0.15, 0.2) is 6.29 Å². The number of rotatable bonds is 4. The lowest BCUT2D eigenvalue weighted by molar-refractivity contribution is -0.138. The van der Waals surface area contributed by atoms with Crippen LogP contribution in [-0.4, -0.2) is 36.0 Å². The molecule has 0 amide bonds. The first-order valence-electron chi connectivity index (χ1n) is 8.16. The van der Waals surface area contributed by atoms with Crippen molar-refractivity contribution in [2.24, 2.45) is 17.2 Å². The molecule has 1 aliphatic carbocycles. The van der Waals surface area contributed by atoms with Crippen molar-refractivity contribution in [2.75, 3.05) is 6.54 Å². The van der Waals surface area contributed by atoms with Crippen LogP contribution in [0.2, 0.25) is 10.0 Å². The lowest BCUT2D eigenvalue weighted by atomic mass is 9.97. The van der Waals surface area contributed by atoms with Crippen LogP contribution in [0.25, 0.3) is 0 Å². The van der Waals surface area contributed by atoms with E-state index in [1.807, 2.05) is 0 Å². The van der Waals surface area contributed by atoms with Crippen LogP contribution < -0.4 is 17.2 Å². The summed E-state index contributed by atoms with van der Waals surface area (Å²) in [6.45, 7) is 0.327. The molecule has 0 spiro atoms. The standard InChI is InChI=1S/C7H4Cl2O.C6H13N.C4H10N2O2/c8-6-2-1-5(4-10)7(9)3-6;7-6-4-2-1-3-5-6;5-2-1-3(6)4(7)8/h1-4H;6H,1-5,7H2;3H,1-2,5-6H2,(H,7,8)/t;;3-/m..0/s1. The molecule has 0 unspecified atom stereocenters. The molecule has 1 aromatic carbocycles. The number of hydrogen-bond acceptors (Lipinski definition) is 5. The summed E-state index contributed by atoms with van der Waals surface area (Å²) in [7, 11) is 0. The number of carboxylic acid groups (broad SMARTS) is 1. The van der Waals surface area contributed by atoms with Crippen molar-refractivity contribution in [1.82, 2.24) is 0 Å². The number of nitrogens with two attached hydrogens (primary N) is 3. The minimum atomic E-state index is -0.990. The van der Waals surface area contributed by atoms with E-state index in [4.69, 9.17) is 45.5 Å². The lowest BCUT2D eigenvalue weighted by Crippen LogP contribution is -2.32. The van der Waals surface area contributed by atoms with Crippen molar-refractivity contribution in [3.05, 3.63) is 33.8 Å². The maximum atomic E-state index is 10.2. The zero-order chi connectivity index (χ0) is 19.2. The minimum absolute atomic E-state index is 0.327. The van der Waals surface area contributed by atoms with Gasteiger partial charge in [0.25, 0.3) is 0 Å². The van der Waals surface area contributed by atoms with Gasteiger partial charge >= 0.3 is 5.97 Å². The van der Waals surface area contributed by atoms with Crippen LogP contribution in [0.15, 0.2) is 18.2 Å². The zero-order valence-corrected chi connectivity index (χ0v) is 15.7. The summed E-state index contributed by atoms with van der Waals surface area (Å²) in [5.74, 6) is -0.990. The first kappa shape index (κ1) is 23.8. The number of halogens is 2. The molecule has 8 heteroatoms. The Morgan fingerprint density at radius 1 is 1.28 bits per heavy atom. The van der Waals surface area contributed by atoms with Gasteiger partial charge in [-0.05, 0) is 44.0 Å². The van der Waals surface area contributed by atoms with Gasteiger partial charge in [-0.1, -0.05) is 42.5 Å². The highest BCUT2D eigenvalue weighted by atomic mass is 35.5. The molecule has 0 aromatic heterocycles. The summed E-state index contributed by atoms with van der Waals surface area (Å²) in [6, 6.07) is 4.48. The third-order valence-electron chi connectivity index (χ3n) is 3.53. The Morgan fingerprint density at radius 3 is 2.20 bits per heavy atom. The molecule has 142 valence electrons. The summed E-state index contributed by atoms with van der Waals surface area (Å²) in [4.78, 5) is 20.1. The molecule has 1 aromatic rings. The highest BCUT2D eigenvalue weighted by molar-refractivity contribution is 6.36. The van der Waals surface area contributed by atoms with E-state index < -0.39 is 12.0 Å². The predicted molar refractivity (Wildman–Crippen MR) is 102 cm³/mol. The topological polar surface area (TPSA) is 132 Å². The molecule has 1 atom stereocenters. The third-order valence-corrected chi connectivity index (χ3v) is 4.10. The number of benzene rings is 1. The Morgan fingerprint density at radius 2 is 1.88 bits per heavy atom. The molecule has 1 aliphatic rings. The number of carboxylic acids is 1. The molecule has 0 radical (unpaired) electrons. The largest absolute Gasteiger partial charge is 0.480 e. The van der Waals surface area contributed by atoms with Gasteiger partial charge in [0.1, 0.15) is 6.04 Å². The molecule has 0 saturated heterocycles. The second-order valence-electron chi connectivity index (χ2n) is 5.70. The summed E-state index contributed by atoms with van der Waals surface area (Å²) >= 11 is 11.2. The monoisotopic (exact) mass is 391 g/mol. The Balaban J connectivity index is 0.000000352. The van der Waals surface area contributed by atoms with E-state index in [0.717, 1.165) is 0 Å². The van der Waals surface area contributed by atoms with Gasteiger partial charge in [-0.25, -0.2) is 0 Å². The molecule has 0 bridgehead atoms. The fourth-order valence-electron chi connectivity index (χ4n) is 2.03. The first-order valence-corrected chi connectivity index (χ1v) is 8.91. The van der Waals surface area contributed by atoms with Gasteiger partial charge in [0.2, 0.25) is 0 Å². The molecule has 6 nitrogen and oxygen atoms in total. The summed E-state index contributed by atoms with van der Waals surface area (Å²) in [5, 5.41) is 9.06. The number of carbonyl (C=O) groups is 2. The quantitative estimate of drug-likeness (QED) is 0.583. The highest BCUT2D eigenvalue weighted by Gasteiger charge is 2.08. The van der Waals surface area contributed by atoms with Gasteiger partial charge in [0.05, 0.1) is 5.02 Å². The van der Waals surface area contributed by atoms with Crippen LogP contribution in [0.4, 0.5) is 0 Å². The fourth-order valence-corrected chi connectivity index (χ4v) is 2.49. The summed E-state index contributed by atoms with van der Waals surface area (Å²) in [6.07, 6.45) is 7.70. The normalized spacial score (nSPS) is 15.1. The highest BCUT2D eigenvalue weighted by Crippen LogP contribution is 2.19. The van der Waals surface area contributed by atoms with Crippen LogP contribution >= 0.6 is 23.2 Å². The minimum Gasteiger partial charge on any atom is -0.480 e. The second-order valence-corrected chi connectivity index (χ2v) is 6.55. The molecule has 1 fully saturated rings. The smallest absolute Gasteiger partial charge is 0.320 e. The van der Waals surface area contributed by atoms with E-state index in [1.54, 1.807) is 12.1 Å². The van der Waals surface area contributed by atoms with Crippen molar-refractivity contribution in [1.29, 1.82) is 0 Å². The van der Waals surface area contributed by atoms with E-state index >= 15 is 0 Å². The fraction of sp³-hybridized carbons (Fsp3) is 0.529. The summed E-state index contributed by atoms with van der Waals surface area (Å²) < 4.78 is 0. The molecule has 1 saturated carbocycles. The van der Waals surface area contributed by atoms with E-state index in [9.17, 15) is 9.59 Å². The van der Waals surface area contributed by atoms with Crippen LogP contribution in [-0.2, 0) is 4.79 Å². The number of carbonyl (C=O) groups excluding carboxylic acids is 1. The van der Waals surface area contributed by atoms with Gasteiger partial charge in [-0.3, -0.25) is 9.59 Å². The van der Waals surface area contributed by atoms with Gasteiger partial charge in [-0.15, -0.1) is 0 Å². The lowest BCUT2D eigenvalue weighted by Gasteiger charge is -2.15. The Bertz CT molecular complexity index is 524. The molecule has 2 rings (SSSR count). The maximum Gasteiger partial charge on any atom is 0.320 e. The van der Waals surface area contributed by atoms with Crippen LogP contribution in [0, 0.1) is 0 Å². The van der Waals surface area contributed by atoms with Crippen molar-refractivity contribution in [2.45, 2.75) is 50.6 Å². The average Bonchev–Trinajstić information content (AvgIpc) is 2.57. The average molecular weight is 392 g/mol. The molecule has 7 N–H and O–H groups in total. The number of aldehydes is 1. The maximum absolute atomic E-state index is 10.2. The van der Waals surface area contributed by atoms with Crippen molar-refractivity contribution >= 4 is 35.5 Å². The van der Waals surface area contributed by atoms with Crippen LogP contribution in [0.5, 0.6) is 0 Å². The van der Waals surface area contributed by atoms with Crippen molar-refractivity contribution in [3.8, 4) is 0 Å². The van der Waals surface area contributed by atoms with Gasteiger partial charge < -0.3 is 22.3 Å².